The molecule has 0 aliphatic rings. The zero-order chi connectivity index (χ0) is 15.5. The van der Waals surface area contributed by atoms with Crippen molar-refractivity contribution in [2.24, 2.45) is 5.73 Å². The summed E-state index contributed by atoms with van der Waals surface area (Å²) in [5.74, 6) is -1.76. The van der Waals surface area contributed by atoms with Crippen LogP contribution in [0, 0.1) is 12.7 Å². The average molecular weight is 289 g/mol. The second-order valence-corrected chi connectivity index (χ2v) is 4.82. The fourth-order valence-electron chi connectivity index (χ4n) is 1.93. The smallest absolute Gasteiger partial charge is 0.331 e. The Hall–Kier alpha value is -2.40. The molecule has 1 unspecified atom stereocenters. The molecule has 2 aromatic carbocycles. The molecular formula is C16H16FNO3. The molecule has 3 N–H and O–H groups in total. The standard InChI is InChI=1S/C16H16FNO3/c1-11-6-5-9-13(14(11)17)21-10-16(18,15(19)20)12-7-3-2-4-8-12/h2-9H,10,18H2,1H3,(H,19,20). The molecule has 0 saturated heterocycles. The maximum atomic E-state index is 13.9. The molecule has 0 fully saturated rings. The van der Waals surface area contributed by atoms with Gasteiger partial charge in [0.25, 0.3) is 0 Å². The molecule has 0 aliphatic heterocycles. The summed E-state index contributed by atoms with van der Waals surface area (Å²) in [5, 5.41) is 9.39. The predicted octanol–water partition coefficient (Wildman–Crippen LogP) is 2.45. The molecule has 2 rings (SSSR count). The number of halogens is 1. The van der Waals surface area contributed by atoms with Gasteiger partial charge >= 0.3 is 5.97 Å². The largest absolute Gasteiger partial charge is 0.488 e. The zero-order valence-corrected chi connectivity index (χ0v) is 11.5. The van der Waals surface area contributed by atoms with Gasteiger partial charge < -0.3 is 15.6 Å². The van der Waals surface area contributed by atoms with E-state index in [-0.39, 0.29) is 12.4 Å². The van der Waals surface area contributed by atoms with Gasteiger partial charge in [-0.3, -0.25) is 0 Å². The Balaban J connectivity index is 2.26. The Labute approximate surface area is 122 Å². The molecule has 110 valence electrons. The summed E-state index contributed by atoms with van der Waals surface area (Å²) in [6.45, 7) is 1.24. The minimum Gasteiger partial charge on any atom is -0.488 e. The third-order valence-electron chi connectivity index (χ3n) is 3.28. The van der Waals surface area contributed by atoms with Gasteiger partial charge in [-0.05, 0) is 24.1 Å². The molecule has 0 saturated carbocycles. The van der Waals surface area contributed by atoms with Crippen molar-refractivity contribution in [3.8, 4) is 5.75 Å². The molecular weight excluding hydrogens is 273 g/mol. The van der Waals surface area contributed by atoms with Crippen molar-refractivity contribution in [1.82, 2.24) is 0 Å². The first kappa shape index (κ1) is 15.0. The Morgan fingerprint density at radius 3 is 2.52 bits per heavy atom. The molecule has 5 heteroatoms. The van der Waals surface area contributed by atoms with Crippen molar-refractivity contribution in [3.05, 3.63) is 65.5 Å². The highest BCUT2D eigenvalue weighted by Crippen LogP contribution is 2.24. The minimum absolute atomic E-state index is 0.0120. The van der Waals surface area contributed by atoms with E-state index < -0.39 is 17.3 Å². The second kappa shape index (κ2) is 5.93. The summed E-state index contributed by atoms with van der Waals surface area (Å²) in [7, 11) is 0. The molecule has 1 atom stereocenters. The number of nitrogens with two attached hydrogens (primary N) is 1. The number of rotatable bonds is 5. The number of carboxylic acid groups (broad SMARTS) is 1. The fourth-order valence-corrected chi connectivity index (χ4v) is 1.93. The number of hydrogen-bond acceptors (Lipinski definition) is 3. The van der Waals surface area contributed by atoms with E-state index in [0.29, 0.717) is 11.1 Å². The topological polar surface area (TPSA) is 72.5 Å². The van der Waals surface area contributed by atoms with Crippen LogP contribution in [-0.4, -0.2) is 17.7 Å². The van der Waals surface area contributed by atoms with Crippen molar-refractivity contribution >= 4 is 5.97 Å². The maximum Gasteiger partial charge on any atom is 0.331 e. The quantitative estimate of drug-likeness (QED) is 0.886. The van der Waals surface area contributed by atoms with Gasteiger partial charge in [0.2, 0.25) is 0 Å². The number of ether oxygens (including phenoxy) is 1. The lowest BCUT2D eigenvalue weighted by molar-refractivity contribution is -0.145. The SMILES string of the molecule is Cc1cccc(OCC(N)(C(=O)O)c2ccccc2)c1F. The van der Waals surface area contributed by atoms with Crippen LogP contribution in [-0.2, 0) is 10.3 Å². The molecule has 0 bridgehead atoms. The van der Waals surface area contributed by atoms with Gasteiger partial charge in [0.05, 0.1) is 0 Å². The molecule has 0 radical (unpaired) electrons. The van der Waals surface area contributed by atoms with Crippen molar-refractivity contribution in [2.45, 2.75) is 12.5 Å². The highest BCUT2D eigenvalue weighted by atomic mass is 19.1. The molecule has 0 spiro atoms. The predicted molar refractivity (Wildman–Crippen MR) is 76.6 cm³/mol. The second-order valence-electron chi connectivity index (χ2n) is 4.82. The van der Waals surface area contributed by atoms with E-state index in [9.17, 15) is 14.3 Å². The summed E-state index contributed by atoms with van der Waals surface area (Å²) in [6, 6.07) is 13.0. The van der Waals surface area contributed by atoms with Gasteiger partial charge in [0.1, 0.15) is 6.61 Å². The van der Waals surface area contributed by atoms with E-state index in [1.807, 2.05) is 0 Å². The van der Waals surface area contributed by atoms with Crippen molar-refractivity contribution in [2.75, 3.05) is 6.61 Å². The lowest BCUT2D eigenvalue weighted by Crippen LogP contribution is -2.49. The van der Waals surface area contributed by atoms with E-state index in [0.717, 1.165) is 0 Å². The number of aliphatic carboxylic acids is 1. The molecule has 0 aliphatic carbocycles. The average Bonchev–Trinajstić information content (AvgIpc) is 2.49. The summed E-state index contributed by atoms with van der Waals surface area (Å²) >= 11 is 0. The fraction of sp³-hybridized carbons (Fsp3) is 0.188. The van der Waals surface area contributed by atoms with E-state index in [4.69, 9.17) is 10.5 Å². The van der Waals surface area contributed by atoms with E-state index in [1.54, 1.807) is 49.4 Å². The van der Waals surface area contributed by atoms with Gasteiger partial charge in [-0.25, -0.2) is 9.18 Å². The van der Waals surface area contributed by atoms with Crippen LogP contribution in [0.5, 0.6) is 5.75 Å². The molecule has 21 heavy (non-hydrogen) atoms. The Morgan fingerprint density at radius 2 is 1.90 bits per heavy atom. The number of benzene rings is 2. The lowest BCUT2D eigenvalue weighted by atomic mass is 9.92. The number of carboxylic acids is 1. The van der Waals surface area contributed by atoms with Gasteiger partial charge in [0, 0.05) is 0 Å². The maximum absolute atomic E-state index is 13.9. The number of carbonyl (C=O) groups is 1. The van der Waals surface area contributed by atoms with Crippen LogP contribution < -0.4 is 10.5 Å². The number of aryl methyl sites for hydroxylation is 1. The van der Waals surface area contributed by atoms with E-state index in [1.165, 1.54) is 6.07 Å². The Bertz CT molecular complexity index is 645. The van der Waals surface area contributed by atoms with Crippen molar-refractivity contribution in [3.63, 3.8) is 0 Å². The van der Waals surface area contributed by atoms with Crippen LogP contribution in [0.4, 0.5) is 4.39 Å². The normalized spacial score (nSPS) is 13.5. The third kappa shape index (κ3) is 3.03. The monoisotopic (exact) mass is 289 g/mol. The van der Waals surface area contributed by atoms with Crippen LogP contribution in [0.2, 0.25) is 0 Å². The van der Waals surface area contributed by atoms with Gasteiger partial charge in [0.15, 0.2) is 17.1 Å². The Kier molecular flexibility index (Phi) is 4.23. The van der Waals surface area contributed by atoms with Crippen molar-refractivity contribution < 1.29 is 19.0 Å². The number of hydrogen-bond donors (Lipinski definition) is 2. The summed E-state index contributed by atoms with van der Waals surface area (Å²) in [6.07, 6.45) is 0. The Morgan fingerprint density at radius 1 is 1.24 bits per heavy atom. The van der Waals surface area contributed by atoms with Crippen LogP contribution in [0.3, 0.4) is 0 Å². The lowest BCUT2D eigenvalue weighted by Gasteiger charge is -2.25. The highest BCUT2D eigenvalue weighted by molar-refractivity contribution is 5.80. The third-order valence-corrected chi connectivity index (χ3v) is 3.28. The van der Waals surface area contributed by atoms with Crippen LogP contribution in [0.25, 0.3) is 0 Å². The van der Waals surface area contributed by atoms with Crippen LogP contribution in [0.15, 0.2) is 48.5 Å². The highest BCUT2D eigenvalue weighted by Gasteiger charge is 2.37. The first-order chi connectivity index (χ1) is 9.95. The summed E-state index contributed by atoms with van der Waals surface area (Å²) in [4.78, 5) is 11.5. The molecule has 0 amide bonds. The van der Waals surface area contributed by atoms with E-state index in [2.05, 4.69) is 0 Å². The molecule has 2 aromatic rings. The van der Waals surface area contributed by atoms with Gasteiger partial charge in [-0.2, -0.15) is 0 Å². The van der Waals surface area contributed by atoms with Gasteiger partial charge in [-0.1, -0.05) is 42.5 Å². The molecule has 4 nitrogen and oxygen atoms in total. The molecule has 0 aromatic heterocycles. The summed E-state index contributed by atoms with van der Waals surface area (Å²) < 4.78 is 19.2. The zero-order valence-electron chi connectivity index (χ0n) is 11.5. The summed E-state index contributed by atoms with van der Waals surface area (Å²) in [5.41, 5.74) is 5.03. The van der Waals surface area contributed by atoms with Crippen molar-refractivity contribution in [1.29, 1.82) is 0 Å². The first-order valence-corrected chi connectivity index (χ1v) is 6.41. The van der Waals surface area contributed by atoms with Gasteiger partial charge in [-0.15, -0.1) is 0 Å². The molecule has 0 heterocycles. The van der Waals surface area contributed by atoms with Crippen LogP contribution in [0.1, 0.15) is 11.1 Å². The minimum atomic E-state index is -1.74. The first-order valence-electron chi connectivity index (χ1n) is 6.41. The van der Waals surface area contributed by atoms with E-state index >= 15 is 0 Å². The van der Waals surface area contributed by atoms with Crippen LogP contribution >= 0.6 is 0 Å².